The van der Waals surface area contributed by atoms with Crippen LogP contribution >= 0.6 is 27.5 Å². The summed E-state index contributed by atoms with van der Waals surface area (Å²) in [7, 11) is 0. The van der Waals surface area contributed by atoms with Gasteiger partial charge in [-0.05, 0) is 70.3 Å². The molecule has 0 radical (unpaired) electrons. The molecule has 4 aromatic carbocycles. The Morgan fingerprint density at radius 3 is 2.41 bits per heavy atom. The molecule has 1 amide bonds. The van der Waals surface area contributed by atoms with E-state index in [0.717, 1.165) is 31.9 Å². The molecule has 0 spiro atoms. The molecule has 0 saturated heterocycles. The van der Waals surface area contributed by atoms with Gasteiger partial charge >= 0.3 is 0 Å². The zero-order valence-electron chi connectivity index (χ0n) is 17.0. The van der Waals surface area contributed by atoms with E-state index in [1.165, 1.54) is 0 Å². The maximum absolute atomic E-state index is 12.9. The Balaban J connectivity index is 1.77. The summed E-state index contributed by atoms with van der Waals surface area (Å²) >= 11 is 9.77. The number of carbonyl (C=O) groups excluding carboxylic acids is 1. The molecule has 0 aliphatic heterocycles. The molecule has 1 N–H and O–H groups in total. The van der Waals surface area contributed by atoms with Crippen molar-refractivity contribution in [3.8, 4) is 6.07 Å². The van der Waals surface area contributed by atoms with Gasteiger partial charge in [-0.2, -0.15) is 5.26 Å². The number of anilines is 1. The van der Waals surface area contributed by atoms with E-state index < -0.39 is 5.91 Å². The second-order valence-corrected chi connectivity index (χ2v) is 8.58. The predicted octanol–water partition coefficient (Wildman–Crippen LogP) is 7.39. The molecule has 32 heavy (non-hydrogen) atoms. The van der Waals surface area contributed by atoms with Crippen LogP contribution in [0.5, 0.6) is 0 Å². The van der Waals surface area contributed by atoms with Gasteiger partial charge in [0.15, 0.2) is 0 Å². The third-order valence-corrected chi connectivity index (χ3v) is 6.05. The number of rotatable bonds is 5. The van der Waals surface area contributed by atoms with Crippen LogP contribution in [-0.2, 0) is 11.2 Å². The van der Waals surface area contributed by atoms with Crippen LogP contribution in [0.1, 0.15) is 16.7 Å². The summed E-state index contributed by atoms with van der Waals surface area (Å²) in [6.07, 6.45) is 2.26. The van der Waals surface area contributed by atoms with Crippen LogP contribution in [0.15, 0.2) is 95.0 Å². The monoisotopic (exact) mass is 500 g/mol. The summed E-state index contributed by atoms with van der Waals surface area (Å²) in [5, 5.41) is 15.3. The van der Waals surface area contributed by atoms with Gasteiger partial charge in [-0.3, -0.25) is 4.79 Å². The predicted molar refractivity (Wildman–Crippen MR) is 135 cm³/mol. The summed E-state index contributed by atoms with van der Waals surface area (Å²) < 4.78 is 0.909. The fourth-order valence-electron chi connectivity index (χ4n) is 3.54. The summed E-state index contributed by atoms with van der Waals surface area (Å²) in [4.78, 5) is 12.9. The van der Waals surface area contributed by atoms with Crippen LogP contribution in [0.4, 0.5) is 5.69 Å². The van der Waals surface area contributed by atoms with Gasteiger partial charge in [0.25, 0.3) is 5.91 Å². The number of nitrogens with one attached hydrogen (secondary N) is 1. The largest absolute Gasteiger partial charge is 0.321 e. The molecular weight excluding hydrogens is 484 g/mol. The number of hydrogen-bond donors (Lipinski definition) is 1. The average Bonchev–Trinajstić information content (AvgIpc) is 2.81. The summed E-state index contributed by atoms with van der Waals surface area (Å²) in [6.45, 7) is 0. The van der Waals surface area contributed by atoms with E-state index in [0.29, 0.717) is 17.1 Å². The van der Waals surface area contributed by atoms with E-state index in [1.54, 1.807) is 18.2 Å². The Morgan fingerprint density at radius 1 is 0.938 bits per heavy atom. The maximum Gasteiger partial charge on any atom is 0.266 e. The van der Waals surface area contributed by atoms with Gasteiger partial charge in [-0.15, -0.1) is 0 Å². The van der Waals surface area contributed by atoms with Crippen molar-refractivity contribution in [2.75, 3.05) is 5.32 Å². The van der Waals surface area contributed by atoms with E-state index in [4.69, 9.17) is 11.6 Å². The lowest BCUT2D eigenvalue weighted by Crippen LogP contribution is -2.13. The molecule has 0 bridgehead atoms. The lowest BCUT2D eigenvalue weighted by Gasteiger charge is -2.12. The molecule has 156 valence electrons. The molecule has 4 aromatic rings. The van der Waals surface area contributed by atoms with E-state index in [9.17, 15) is 10.1 Å². The first-order chi connectivity index (χ1) is 15.5. The zero-order valence-corrected chi connectivity index (χ0v) is 19.3. The van der Waals surface area contributed by atoms with Crippen molar-refractivity contribution in [3.05, 3.63) is 117 Å². The fourth-order valence-corrected chi connectivity index (χ4v) is 4.00. The van der Waals surface area contributed by atoms with Crippen LogP contribution in [-0.4, -0.2) is 5.91 Å². The van der Waals surface area contributed by atoms with Crippen molar-refractivity contribution < 1.29 is 4.79 Å². The van der Waals surface area contributed by atoms with Gasteiger partial charge in [0.1, 0.15) is 11.6 Å². The summed E-state index contributed by atoms with van der Waals surface area (Å²) in [6, 6.07) is 29.0. The van der Waals surface area contributed by atoms with Gasteiger partial charge < -0.3 is 5.32 Å². The highest BCUT2D eigenvalue weighted by Crippen LogP contribution is 2.29. The smallest absolute Gasteiger partial charge is 0.266 e. The molecule has 0 unspecified atom stereocenters. The lowest BCUT2D eigenvalue weighted by molar-refractivity contribution is -0.112. The maximum atomic E-state index is 12.9. The van der Waals surface area contributed by atoms with Crippen molar-refractivity contribution in [1.29, 1.82) is 5.26 Å². The normalized spacial score (nSPS) is 11.2. The Labute approximate surface area is 200 Å². The molecule has 0 saturated carbocycles. The number of amides is 1. The number of nitriles is 1. The van der Waals surface area contributed by atoms with Crippen LogP contribution in [0.2, 0.25) is 5.02 Å². The van der Waals surface area contributed by atoms with Crippen molar-refractivity contribution in [2.45, 2.75) is 6.42 Å². The Kier molecular flexibility index (Phi) is 6.70. The highest BCUT2D eigenvalue weighted by molar-refractivity contribution is 9.10. The van der Waals surface area contributed by atoms with E-state index in [1.807, 2.05) is 72.8 Å². The minimum Gasteiger partial charge on any atom is -0.321 e. The van der Waals surface area contributed by atoms with Crippen LogP contribution in [0, 0.1) is 11.3 Å². The molecule has 0 aliphatic rings. The average molecular weight is 502 g/mol. The lowest BCUT2D eigenvalue weighted by atomic mass is 9.93. The number of hydrogen-bond acceptors (Lipinski definition) is 2. The van der Waals surface area contributed by atoms with Gasteiger partial charge in [0.2, 0.25) is 0 Å². The Morgan fingerprint density at radius 2 is 1.66 bits per heavy atom. The first-order valence-corrected chi connectivity index (χ1v) is 11.1. The van der Waals surface area contributed by atoms with Crippen LogP contribution in [0.3, 0.4) is 0 Å². The first kappa shape index (κ1) is 21.8. The van der Waals surface area contributed by atoms with E-state index in [2.05, 4.69) is 27.3 Å². The SMILES string of the molecule is N#C/C(=C\c1c(Cc2ccccc2Cl)ccc2ccccc12)C(=O)Nc1ccc(Br)cc1. The number of nitrogens with zero attached hydrogens (tertiary/aromatic N) is 1. The first-order valence-electron chi connectivity index (χ1n) is 9.98. The second kappa shape index (κ2) is 9.82. The number of carbonyl (C=O) groups is 1. The third kappa shape index (κ3) is 4.91. The van der Waals surface area contributed by atoms with Crippen molar-refractivity contribution in [2.24, 2.45) is 0 Å². The van der Waals surface area contributed by atoms with Gasteiger partial charge in [-0.1, -0.05) is 82.1 Å². The Bertz CT molecular complexity index is 1370. The molecule has 0 aromatic heterocycles. The molecule has 3 nitrogen and oxygen atoms in total. The molecule has 0 heterocycles. The van der Waals surface area contributed by atoms with E-state index >= 15 is 0 Å². The summed E-state index contributed by atoms with van der Waals surface area (Å²) in [5.74, 6) is -0.452. The minimum absolute atomic E-state index is 0.0321. The van der Waals surface area contributed by atoms with E-state index in [-0.39, 0.29) is 5.57 Å². The minimum atomic E-state index is -0.452. The number of fused-ring (bicyclic) bond motifs is 1. The number of benzene rings is 4. The molecule has 0 atom stereocenters. The molecule has 0 fully saturated rings. The zero-order chi connectivity index (χ0) is 22.5. The highest BCUT2D eigenvalue weighted by Gasteiger charge is 2.14. The fraction of sp³-hybridized carbons (Fsp3) is 0.0370. The van der Waals surface area contributed by atoms with Crippen LogP contribution < -0.4 is 5.32 Å². The topological polar surface area (TPSA) is 52.9 Å². The quantitative estimate of drug-likeness (QED) is 0.229. The molecule has 4 rings (SSSR count). The van der Waals surface area contributed by atoms with Crippen molar-refractivity contribution in [3.63, 3.8) is 0 Å². The van der Waals surface area contributed by atoms with Crippen molar-refractivity contribution >= 4 is 56.0 Å². The standard InChI is InChI=1S/C27H18BrClN2O/c28-22-11-13-23(14-12-22)31-27(32)21(17-30)16-25-19(15-20-6-2-4-8-26(20)29)10-9-18-5-1-3-7-24(18)25/h1-14,16H,15H2,(H,31,32)/b21-16+. The number of halogens is 2. The molecular formula is C27H18BrClN2O. The molecule has 5 heteroatoms. The van der Waals surface area contributed by atoms with Gasteiger partial charge in [0.05, 0.1) is 0 Å². The molecule has 0 aliphatic carbocycles. The second-order valence-electron chi connectivity index (χ2n) is 7.26. The Hall–Kier alpha value is -3.39. The highest BCUT2D eigenvalue weighted by atomic mass is 79.9. The van der Waals surface area contributed by atoms with Crippen molar-refractivity contribution in [1.82, 2.24) is 0 Å². The van der Waals surface area contributed by atoms with Gasteiger partial charge in [0, 0.05) is 15.2 Å². The summed E-state index contributed by atoms with van der Waals surface area (Å²) in [5.41, 5.74) is 3.46. The van der Waals surface area contributed by atoms with Gasteiger partial charge in [-0.25, -0.2) is 0 Å². The van der Waals surface area contributed by atoms with Crippen LogP contribution in [0.25, 0.3) is 16.8 Å². The third-order valence-electron chi connectivity index (χ3n) is 5.16.